The van der Waals surface area contributed by atoms with Crippen LogP contribution in [-0.2, 0) is 16.4 Å². The smallest absolute Gasteiger partial charge is 0.407 e. The van der Waals surface area contributed by atoms with E-state index < -0.39 is 16.1 Å². The molecule has 3 aromatic rings. The number of piperazine rings is 1. The lowest BCUT2D eigenvalue weighted by Crippen LogP contribution is -2.50. The Balaban J connectivity index is 1.32. The summed E-state index contributed by atoms with van der Waals surface area (Å²) in [4.78, 5) is 32.9. The molecule has 2 fully saturated rings. The molecule has 2 heterocycles. The molecule has 2 N–H and O–H groups in total. The second-order valence-electron chi connectivity index (χ2n) is 10.8. The van der Waals surface area contributed by atoms with Crippen LogP contribution in [0.4, 0.5) is 15.0 Å². The Labute approximate surface area is 244 Å². The molecule has 1 aromatic heterocycles. The molecule has 11 nitrogen and oxygen atoms in total. The number of carboxylic acid groups (broad SMARTS) is 1. The van der Waals surface area contributed by atoms with E-state index in [1.807, 2.05) is 17.0 Å². The second-order valence-corrected chi connectivity index (χ2v) is 13.0. The van der Waals surface area contributed by atoms with Crippen molar-refractivity contribution in [2.75, 3.05) is 51.7 Å². The lowest BCUT2D eigenvalue weighted by Gasteiger charge is -2.33. The molecule has 0 radical (unpaired) electrons. The van der Waals surface area contributed by atoms with Gasteiger partial charge in [-0.25, -0.2) is 26.9 Å². The van der Waals surface area contributed by atoms with E-state index in [4.69, 9.17) is 4.98 Å². The van der Waals surface area contributed by atoms with Crippen molar-refractivity contribution in [3.63, 3.8) is 0 Å². The largest absolute Gasteiger partial charge is 0.465 e. The molecule has 1 aliphatic heterocycles. The Morgan fingerprint density at radius 2 is 1.74 bits per heavy atom. The number of rotatable bonds is 10. The first-order chi connectivity index (χ1) is 20.0. The Morgan fingerprint density at radius 1 is 1.07 bits per heavy atom. The normalized spacial score (nSPS) is 18.9. The van der Waals surface area contributed by atoms with Gasteiger partial charge in [0.2, 0.25) is 10.0 Å². The quantitative estimate of drug-likeness (QED) is 0.341. The van der Waals surface area contributed by atoms with Crippen LogP contribution < -0.4 is 15.8 Å². The zero-order valence-electron chi connectivity index (χ0n) is 23.6. The van der Waals surface area contributed by atoms with Crippen LogP contribution in [0.15, 0.2) is 64.4 Å². The van der Waals surface area contributed by atoms with E-state index in [2.05, 4.69) is 5.32 Å². The molecule has 5 rings (SSSR count). The third kappa shape index (κ3) is 6.48. The maximum Gasteiger partial charge on any atom is 0.407 e. The third-order valence-corrected chi connectivity index (χ3v) is 9.62. The first-order valence-corrected chi connectivity index (χ1v) is 15.4. The summed E-state index contributed by atoms with van der Waals surface area (Å²) in [6, 6.07) is 13.1. The molecule has 2 aliphatic rings. The van der Waals surface area contributed by atoms with Crippen LogP contribution in [0.5, 0.6) is 0 Å². The minimum Gasteiger partial charge on any atom is -0.465 e. The Hall–Kier alpha value is -3.81. The van der Waals surface area contributed by atoms with Gasteiger partial charge < -0.3 is 20.2 Å². The number of carbonyl (C=O) groups is 1. The molecule has 0 unspecified atom stereocenters. The van der Waals surface area contributed by atoms with E-state index in [0.29, 0.717) is 42.9 Å². The Kier molecular flexibility index (Phi) is 8.62. The number of benzene rings is 2. The zero-order chi connectivity index (χ0) is 30.0. The fourth-order valence-electron chi connectivity index (χ4n) is 5.20. The minimum absolute atomic E-state index is 0.119. The maximum absolute atomic E-state index is 13.6. The van der Waals surface area contributed by atoms with Crippen LogP contribution in [0.25, 0.3) is 5.69 Å². The van der Waals surface area contributed by atoms with Crippen molar-refractivity contribution in [2.45, 2.75) is 36.1 Å². The molecule has 13 heteroatoms. The summed E-state index contributed by atoms with van der Waals surface area (Å²) in [5.74, 6) is 0.380. The maximum atomic E-state index is 13.6. The number of anilines is 1. The molecule has 0 spiro atoms. The molecule has 1 saturated heterocycles. The van der Waals surface area contributed by atoms with Gasteiger partial charge in [0.15, 0.2) is 5.82 Å². The first kappa shape index (κ1) is 29.7. The minimum atomic E-state index is -3.62. The fraction of sp³-hybridized carbons (Fsp3) is 0.414. The molecular weight excluding hydrogens is 563 g/mol. The van der Waals surface area contributed by atoms with Crippen LogP contribution in [0.2, 0.25) is 0 Å². The molecule has 224 valence electrons. The fourth-order valence-corrected chi connectivity index (χ4v) is 6.10. The van der Waals surface area contributed by atoms with E-state index in [0.717, 1.165) is 29.3 Å². The summed E-state index contributed by atoms with van der Waals surface area (Å²) in [6.07, 6.45) is 3.06. The monoisotopic (exact) mass is 598 g/mol. The van der Waals surface area contributed by atoms with Gasteiger partial charge in [-0.15, -0.1) is 0 Å². The standard InChI is InChI=1S/C29H35FN6O5S/c1-33(2)42(40,41)24-11-9-23(10-12-24)36-19-22(32-27(28(36)37)34-14-16-35(17-15-34)29(38)39)4-3-13-31-26-18-25(26)20-5-7-21(30)8-6-20/h5-12,19,25-26,31H,3-4,13-18H2,1-2H3,(H,38,39)/t25-,26+/m0/s1. The molecular formula is C29H35FN6O5S. The lowest BCUT2D eigenvalue weighted by molar-refractivity contribution is 0.142. The summed E-state index contributed by atoms with van der Waals surface area (Å²) < 4.78 is 40.9. The van der Waals surface area contributed by atoms with Crippen LogP contribution in [-0.4, -0.2) is 91.2 Å². The average molecular weight is 599 g/mol. The van der Waals surface area contributed by atoms with E-state index in [1.165, 1.54) is 47.8 Å². The highest BCUT2D eigenvalue weighted by atomic mass is 32.2. The topological polar surface area (TPSA) is 128 Å². The van der Waals surface area contributed by atoms with E-state index >= 15 is 0 Å². The highest BCUT2D eigenvalue weighted by Gasteiger charge is 2.37. The molecule has 1 amide bonds. The van der Waals surface area contributed by atoms with Crippen molar-refractivity contribution in [2.24, 2.45) is 0 Å². The Morgan fingerprint density at radius 3 is 2.36 bits per heavy atom. The van der Waals surface area contributed by atoms with Crippen molar-refractivity contribution in [1.82, 2.24) is 24.1 Å². The predicted molar refractivity (Wildman–Crippen MR) is 156 cm³/mol. The first-order valence-electron chi connectivity index (χ1n) is 13.9. The molecule has 2 aromatic carbocycles. The van der Waals surface area contributed by atoms with Gasteiger partial charge in [0.1, 0.15) is 5.82 Å². The number of hydrogen-bond acceptors (Lipinski definition) is 7. The van der Waals surface area contributed by atoms with Crippen molar-refractivity contribution in [3.8, 4) is 5.69 Å². The van der Waals surface area contributed by atoms with Crippen molar-refractivity contribution >= 4 is 21.9 Å². The van der Waals surface area contributed by atoms with Crippen LogP contribution in [0.1, 0.15) is 30.0 Å². The highest BCUT2D eigenvalue weighted by molar-refractivity contribution is 7.89. The van der Waals surface area contributed by atoms with Gasteiger partial charge in [-0.05, 0) is 67.8 Å². The van der Waals surface area contributed by atoms with Gasteiger partial charge >= 0.3 is 6.09 Å². The van der Waals surface area contributed by atoms with Crippen molar-refractivity contribution < 1.29 is 22.7 Å². The van der Waals surface area contributed by atoms with E-state index in [1.54, 1.807) is 18.3 Å². The van der Waals surface area contributed by atoms with Crippen molar-refractivity contribution in [3.05, 3.63) is 82.2 Å². The number of halogens is 1. The number of hydrogen-bond donors (Lipinski definition) is 2. The summed E-state index contributed by atoms with van der Waals surface area (Å²) in [5, 5.41) is 12.9. The van der Waals surface area contributed by atoms with Gasteiger partial charge in [0, 0.05) is 64.1 Å². The number of amides is 1. The van der Waals surface area contributed by atoms with Crippen LogP contribution >= 0.6 is 0 Å². The number of aromatic nitrogens is 2. The van der Waals surface area contributed by atoms with Gasteiger partial charge in [-0.2, -0.15) is 0 Å². The summed E-state index contributed by atoms with van der Waals surface area (Å²) >= 11 is 0. The van der Waals surface area contributed by atoms with Gasteiger partial charge in [0.05, 0.1) is 10.6 Å². The van der Waals surface area contributed by atoms with Crippen LogP contribution in [0.3, 0.4) is 0 Å². The highest BCUT2D eigenvalue weighted by Crippen LogP contribution is 2.40. The van der Waals surface area contributed by atoms with Crippen molar-refractivity contribution in [1.29, 1.82) is 0 Å². The van der Waals surface area contributed by atoms with Gasteiger partial charge in [-0.3, -0.25) is 9.36 Å². The van der Waals surface area contributed by atoms with E-state index in [-0.39, 0.29) is 35.2 Å². The molecule has 0 bridgehead atoms. The predicted octanol–water partition coefficient (Wildman–Crippen LogP) is 2.50. The van der Waals surface area contributed by atoms with E-state index in [9.17, 15) is 27.5 Å². The third-order valence-electron chi connectivity index (χ3n) is 7.79. The molecule has 1 aliphatic carbocycles. The average Bonchev–Trinajstić information content (AvgIpc) is 3.76. The lowest BCUT2D eigenvalue weighted by atomic mass is 10.1. The summed E-state index contributed by atoms with van der Waals surface area (Å²) in [5.41, 5.74) is 1.97. The second kappa shape index (κ2) is 12.2. The summed E-state index contributed by atoms with van der Waals surface area (Å²) in [7, 11) is -0.706. The number of nitrogens with zero attached hydrogens (tertiary/aromatic N) is 5. The zero-order valence-corrected chi connectivity index (χ0v) is 24.4. The number of aryl methyl sites for hydroxylation is 1. The van der Waals surface area contributed by atoms with Gasteiger partial charge in [-0.1, -0.05) is 12.1 Å². The summed E-state index contributed by atoms with van der Waals surface area (Å²) in [6.45, 7) is 1.95. The number of sulfonamides is 1. The Bertz CT molecular complexity index is 1590. The molecule has 2 atom stereocenters. The van der Waals surface area contributed by atoms with Gasteiger partial charge in [0.25, 0.3) is 5.56 Å². The molecule has 1 saturated carbocycles. The number of nitrogens with one attached hydrogen (secondary N) is 1. The SMILES string of the molecule is CN(C)S(=O)(=O)c1ccc(-n2cc(CCCN[C@@H]3C[C@H]3c3ccc(F)cc3)nc(N3CCN(C(=O)O)CC3)c2=O)cc1. The van der Waals surface area contributed by atoms with Crippen LogP contribution in [0, 0.1) is 5.82 Å². The molecule has 42 heavy (non-hydrogen) atoms.